The number of carbonyl (C=O) groups is 1. The van der Waals surface area contributed by atoms with Crippen molar-refractivity contribution in [2.45, 2.75) is 46.6 Å². The monoisotopic (exact) mass is 315 g/mol. The molecule has 0 radical (unpaired) electrons. The number of rotatable bonds is 3. The van der Waals surface area contributed by atoms with Crippen LogP contribution in [-0.2, 0) is 9.53 Å². The van der Waals surface area contributed by atoms with Crippen LogP contribution in [0.4, 0.5) is 0 Å². The van der Waals surface area contributed by atoms with Crippen LogP contribution in [0.3, 0.4) is 0 Å². The molecule has 2 saturated heterocycles. The van der Waals surface area contributed by atoms with Gasteiger partial charge in [-0.15, -0.1) is 0 Å². The van der Waals surface area contributed by atoms with Crippen LogP contribution < -0.4 is 0 Å². The zero-order valence-corrected chi connectivity index (χ0v) is 15.6. The third-order valence-corrected chi connectivity index (χ3v) is 4.08. The second-order valence-electron chi connectivity index (χ2n) is 5.40. The minimum atomic E-state index is 0.286. The molecule has 0 atom stereocenters. The van der Waals surface area contributed by atoms with E-state index in [0.717, 1.165) is 52.1 Å². The van der Waals surface area contributed by atoms with Crippen LogP contribution in [0.15, 0.2) is 0 Å². The van der Waals surface area contributed by atoms with Crippen LogP contribution in [0, 0.1) is 0 Å². The van der Waals surface area contributed by atoms with Gasteiger partial charge in [-0.1, -0.05) is 27.7 Å². The summed E-state index contributed by atoms with van der Waals surface area (Å²) >= 11 is 0. The number of hydrogen-bond acceptors (Lipinski definition) is 4. The summed E-state index contributed by atoms with van der Waals surface area (Å²) in [6.07, 6.45) is 2.30. The van der Waals surface area contributed by atoms with E-state index >= 15 is 0 Å². The molecule has 2 heterocycles. The fourth-order valence-corrected chi connectivity index (χ4v) is 2.64. The van der Waals surface area contributed by atoms with E-state index < -0.39 is 0 Å². The highest BCUT2D eigenvalue weighted by Crippen LogP contribution is 2.13. The fourth-order valence-electron chi connectivity index (χ4n) is 2.64. The van der Waals surface area contributed by atoms with E-state index in [2.05, 4.69) is 16.8 Å². The van der Waals surface area contributed by atoms with Gasteiger partial charge in [-0.25, -0.2) is 0 Å². The molecule has 0 aromatic heterocycles. The van der Waals surface area contributed by atoms with Gasteiger partial charge in [0.05, 0.1) is 12.6 Å². The molecule has 2 rings (SSSR count). The molecule has 0 bridgehead atoms. The van der Waals surface area contributed by atoms with Crippen molar-refractivity contribution in [2.24, 2.45) is 0 Å². The van der Waals surface area contributed by atoms with Gasteiger partial charge in [0.1, 0.15) is 0 Å². The number of amides is 1. The van der Waals surface area contributed by atoms with Gasteiger partial charge >= 0.3 is 0 Å². The number of piperazine rings is 1. The molecule has 5 heteroatoms. The first-order chi connectivity index (χ1) is 10.7. The summed E-state index contributed by atoms with van der Waals surface area (Å²) in [5.41, 5.74) is 0. The van der Waals surface area contributed by atoms with Crippen LogP contribution in [0.5, 0.6) is 0 Å². The molecule has 0 unspecified atom stereocenters. The number of ether oxygens (including phenoxy) is 1. The van der Waals surface area contributed by atoms with Crippen molar-refractivity contribution < 1.29 is 9.53 Å². The van der Waals surface area contributed by atoms with Crippen molar-refractivity contribution in [1.29, 1.82) is 0 Å². The molecule has 0 spiro atoms. The zero-order chi connectivity index (χ0) is 17.0. The number of piperidine rings is 1. The topological polar surface area (TPSA) is 36.0 Å². The van der Waals surface area contributed by atoms with Gasteiger partial charge in [-0.05, 0) is 19.9 Å². The first-order valence-corrected chi connectivity index (χ1v) is 8.90. The number of carbonyl (C=O) groups excluding carboxylic acids is 1. The lowest BCUT2D eigenvalue weighted by atomic mass is 10.1. The highest BCUT2D eigenvalue weighted by Gasteiger charge is 2.24. The van der Waals surface area contributed by atoms with Crippen LogP contribution in [0.2, 0.25) is 0 Å². The number of nitrogens with zero attached hydrogens (tertiary/aromatic N) is 3. The summed E-state index contributed by atoms with van der Waals surface area (Å²) in [5.74, 6) is 0.286. The molecular weight excluding hydrogens is 278 g/mol. The fraction of sp³-hybridized carbons (Fsp3) is 0.941. The first kappa shape index (κ1) is 21.4. The Hall–Kier alpha value is -0.650. The lowest BCUT2D eigenvalue weighted by Gasteiger charge is -2.35. The predicted molar refractivity (Wildman–Crippen MR) is 93.2 cm³/mol. The standard InChI is InChI=1S/C13H25N3O2.2C2H6/c1-14-7-9-15(10-8-14)11-13(17)16-5-3-12(18-2)4-6-16;2*1-2/h12H,3-11H2,1-2H3;2*1-2H3. The lowest BCUT2D eigenvalue weighted by molar-refractivity contribution is -0.135. The van der Waals surface area contributed by atoms with Crippen molar-refractivity contribution >= 4 is 5.91 Å². The molecule has 5 nitrogen and oxygen atoms in total. The molecule has 0 aromatic rings. The molecule has 2 aliphatic rings. The van der Waals surface area contributed by atoms with Crippen molar-refractivity contribution in [1.82, 2.24) is 14.7 Å². The third kappa shape index (κ3) is 7.56. The highest BCUT2D eigenvalue weighted by atomic mass is 16.5. The highest BCUT2D eigenvalue weighted by molar-refractivity contribution is 5.78. The largest absolute Gasteiger partial charge is 0.381 e. The first-order valence-electron chi connectivity index (χ1n) is 8.90. The molecule has 0 saturated carbocycles. The second kappa shape index (κ2) is 12.9. The minimum Gasteiger partial charge on any atom is -0.381 e. The summed E-state index contributed by atoms with van der Waals surface area (Å²) in [7, 11) is 3.89. The molecule has 132 valence electrons. The molecule has 22 heavy (non-hydrogen) atoms. The van der Waals surface area contributed by atoms with Gasteiger partial charge in [0.15, 0.2) is 0 Å². The summed E-state index contributed by atoms with van der Waals surface area (Å²) in [6.45, 7) is 14.5. The maximum atomic E-state index is 12.2. The van der Waals surface area contributed by atoms with Gasteiger partial charge in [0.2, 0.25) is 5.91 Å². The van der Waals surface area contributed by atoms with Crippen molar-refractivity contribution in [3.05, 3.63) is 0 Å². The van der Waals surface area contributed by atoms with E-state index in [4.69, 9.17) is 4.74 Å². The maximum Gasteiger partial charge on any atom is 0.236 e. The predicted octanol–water partition coefficient (Wildman–Crippen LogP) is 1.92. The lowest BCUT2D eigenvalue weighted by Crippen LogP contribution is -2.50. The van der Waals surface area contributed by atoms with Crippen molar-refractivity contribution in [3.8, 4) is 0 Å². The summed E-state index contributed by atoms with van der Waals surface area (Å²) in [6, 6.07) is 0. The average Bonchev–Trinajstić information content (AvgIpc) is 2.60. The van der Waals surface area contributed by atoms with Crippen LogP contribution >= 0.6 is 0 Å². The number of likely N-dealkylation sites (N-methyl/N-ethyl adjacent to an activating group) is 1. The summed E-state index contributed by atoms with van der Waals surface area (Å²) in [4.78, 5) is 18.7. The van der Waals surface area contributed by atoms with Gasteiger partial charge in [-0.2, -0.15) is 0 Å². The Kier molecular flexibility index (Phi) is 12.5. The molecule has 2 aliphatic heterocycles. The Bertz CT molecular complexity index is 271. The number of likely N-dealkylation sites (tertiary alicyclic amines) is 1. The van der Waals surface area contributed by atoms with Gasteiger partial charge in [-0.3, -0.25) is 9.69 Å². The number of methoxy groups -OCH3 is 1. The van der Waals surface area contributed by atoms with E-state index in [1.165, 1.54) is 0 Å². The van der Waals surface area contributed by atoms with E-state index in [9.17, 15) is 4.79 Å². The molecule has 1 amide bonds. The molecule has 0 N–H and O–H groups in total. The Labute approximate surface area is 137 Å². The van der Waals surface area contributed by atoms with Gasteiger partial charge in [0, 0.05) is 46.4 Å². The van der Waals surface area contributed by atoms with E-state index in [1.807, 2.05) is 32.6 Å². The molecular formula is C17H37N3O2. The quantitative estimate of drug-likeness (QED) is 0.797. The smallest absolute Gasteiger partial charge is 0.236 e. The van der Waals surface area contributed by atoms with E-state index in [-0.39, 0.29) is 5.91 Å². The SMILES string of the molecule is CC.CC.COC1CCN(C(=O)CN2CCN(C)CC2)CC1. The molecule has 2 fully saturated rings. The maximum absolute atomic E-state index is 12.2. The van der Waals surface area contributed by atoms with Gasteiger partial charge in [0.25, 0.3) is 0 Å². The van der Waals surface area contributed by atoms with E-state index in [0.29, 0.717) is 12.6 Å². The minimum absolute atomic E-state index is 0.286. The van der Waals surface area contributed by atoms with Crippen LogP contribution in [0.25, 0.3) is 0 Å². The molecule has 0 aromatic carbocycles. The Morgan fingerprint density at radius 3 is 1.91 bits per heavy atom. The van der Waals surface area contributed by atoms with Gasteiger partial charge < -0.3 is 14.5 Å². The summed E-state index contributed by atoms with van der Waals surface area (Å²) < 4.78 is 5.33. The normalized spacial score (nSPS) is 20.5. The number of hydrogen-bond donors (Lipinski definition) is 0. The Morgan fingerprint density at radius 2 is 1.45 bits per heavy atom. The third-order valence-electron chi connectivity index (χ3n) is 4.08. The van der Waals surface area contributed by atoms with Crippen LogP contribution in [0.1, 0.15) is 40.5 Å². The van der Waals surface area contributed by atoms with Crippen molar-refractivity contribution in [2.75, 3.05) is 60.0 Å². The Morgan fingerprint density at radius 1 is 0.955 bits per heavy atom. The van der Waals surface area contributed by atoms with Crippen LogP contribution in [-0.4, -0.2) is 86.7 Å². The Balaban J connectivity index is 0.00000102. The van der Waals surface area contributed by atoms with E-state index in [1.54, 1.807) is 7.11 Å². The average molecular weight is 316 g/mol. The second-order valence-corrected chi connectivity index (χ2v) is 5.40. The summed E-state index contributed by atoms with van der Waals surface area (Å²) in [5, 5.41) is 0. The van der Waals surface area contributed by atoms with Crippen molar-refractivity contribution in [3.63, 3.8) is 0 Å². The molecule has 0 aliphatic carbocycles. The zero-order valence-electron chi connectivity index (χ0n) is 15.6.